The van der Waals surface area contributed by atoms with Crippen LogP contribution in [0.4, 0.5) is 0 Å². The van der Waals surface area contributed by atoms with Crippen LogP contribution in [0.25, 0.3) is 0 Å². The van der Waals surface area contributed by atoms with Gasteiger partial charge in [0.25, 0.3) is 0 Å². The zero-order valence-corrected chi connectivity index (χ0v) is 10.1. The Labute approximate surface area is 94.0 Å². The second-order valence-electron chi connectivity index (χ2n) is 5.13. The van der Waals surface area contributed by atoms with Gasteiger partial charge < -0.3 is 14.6 Å². The molecule has 0 bridgehead atoms. The average Bonchev–Trinajstić information content (AvgIpc) is 2.16. The molecule has 1 heterocycles. The number of carbonyl (C=O) groups is 2. The largest absolute Gasteiger partial charge is 0.501 e. The van der Waals surface area contributed by atoms with Gasteiger partial charge in [0.05, 0.1) is 0 Å². The molecule has 0 aliphatic carbocycles. The molecule has 0 amide bonds. The van der Waals surface area contributed by atoms with Gasteiger partial charge >= 0.3 is 11.9 Å². The maximum atomic E-state index is 11.8. The van der Waals surface area contributed by atoms with Crippen LogP contribution in [0.3, 0.4) is 0 Å². The first-order valence-corrected chi connectivity index (χ1v) is 4.95. The molecule has 0 fully saturated rings. The lowest BCUT2D eigenvalue weighted by Gasteiger charge is -2.24. The van der Waals surface area contributed by atoms with Crippen LogP contribution in [0.15, 0.2) is 11.3 Å². The number of cyclic esters (lactones) is 1. The van der Waals surface area contributed by atoms with E-state index in [4.69, 9.17) is 9.47 Å². The van der Waals surface area contributed by atoms with Crippen molar-refractivity contribution >= 4 is 11.9 Å². The normalized spacial score (nSPS) is 19.7. The SMILES string of the molecule is CC(C)(C)OC(=O)C1=C(O)C(=O)OC1(C)C. The maximum Gasteiger partial charge on any atom is 0.374 e. The third-order valence-corrected chi connectivity index (χ3v) is 1.98. The van der Waals surface area contributed by atoms with E-state index >= 15 is 0 Å². The predicted molar refractivity (Wildman–Crippen MR) is 55.7 cm³/mol. The molecule has 5 heteroatoms. The minimum absolute atomic E-state index is 0.132. The summed E-state index contributed by atoms with van der Waals surface area (Å²) in [7, 11) is 0. The topological polar surface area (TPSA) is 72.8 Å². The zero-order chi connectivity index (χ0) is 12.7. The van der Waals surface area contributed by atoms with Crippen LogP contribution in [0.2, 0.25) is 0 Å². The number of aliphatic hydroxyl groups excluding tert-OH is 1. The Bertz CT molecular complexity index is 370. The number of carbonyl (C=O) groups excluding carboxylic acids is 2. The van der Waals surface area contributed by atoms with E-state index in [0.717, 1.165) is 0 Å². The smallest absolute Gasteiger partial charge is 0.374 e. The fourth-order valence-electron chi connectivity index (χ4n) is 1.39. The molecule has 16 heavy (non-hydrogen) atoms. The molecular weight excluding hydrogens is 212 g/mol. The van der Waals surface area contributed by atoms with Gasteiger partial charge in [0.15, 0.2) is 0 Å². The van der Waals surface area contributed by atoms with E-state index in [0.29, 0.717) is 0 Å². The van der Waals surface area contributed by atoms with E-state index in [2.05, 4.69) is 0 Å². The highest BCUT2D eigenvalue weighted by Crippen LogP contribution is 2.32. The summed E-state index contributed by atoms with van der Waals surface area (Å²) in [5, 5.41) is 9.46. The first kappa shape index (κ1) is 12.5. The maximum absolute atomic E-state index is 11.8. The fourth-order valence-corrected chi connectivity index (χ4v) is 1.39. The molecule has 1 aliphatic rings. The van der Waals surface area contributed by atoms with Crippen molar-refractivity contribution in [3.05, 3.63) is 11.3 Å². The van der Waals surface area contributed by atoms with E-state index in [-0.39, 0.29) is 5.57 Å². The molecule has 90 valence electrons. The number of ether oxygens (including phenoxy) is 2. The van der Waals surface area contributed by atoms with Gasteiger partial charge in [-0.2, -0.15) is 0 Å². The van der Waals surface area contributed by atoms with Crippen LogP contribution in [0.5, 0.6) is 0 Å². The molecule has 0 spiro atoms. The molecule has 0 unspecified atom stereocenters. The number of esters is 2. The van der Waals surface area contributed by atoms with Crippen molar-refractivity contribution < 1.29 is 24.2 Å². The van der Waals surface area contributed by atoms with Crippen molar-refractivity contribution in [1.29, 1.82) is 0 Å². The Morgan fingerprint density at radius 1 is 1.38 bits per heavy atom. The minimum atomic E-state index is -1.15. The Hall–Kier alpha value is -1.52. The van der Waals surface area contributed by atoms with E-state index in [1.165, 1.54) is 13.8 Å². The fraction of sp³-hybridized carbons (Fsp3) is 0.636. The van der Waals surface area contributed by atoms with Gasteiger partial charge in [-0.1, -0.05) is 0 Å². The molecule has 0 saturated heterocycles. The van der Waals surface area contributed by atoms with Gasteiger partial charge in [-0.3, -0.25) is 0 Å². The third kappa shape index (κ3) is 2.35. The summed E-state index contributed by atoms with van der Waals surface area (Å²) in [6, 6.07) is 0. The third-order valence-electron chi connectivity index (χ3n) is 1.98. The molecule has 5 nitrogen and oxygen atoms in total. The predicted octanol–water partition coefficient (Wildman–Crippen LogP) is 1.48. The first-order valence-electron chi connectivity index (χ1n) is 4.95. The van der Waals surface area contributed by atoms with Crippen molar-refractivity contribution in [3.8, 4) is 0 Å². The molecule has 0 aromatic heterocycles. The van der Waals surface area contributed by atoms with Crippen LogP contribution in [-0.2, 0) is 19.1 Å². The molecule has 0 atom stereocenters. The van der Waals surface area contributed by atoms with Gasteiger partial charge in [0.1, 0.15) is 16.8 Å². The second-order valence-corrected chi connectivity index (χ2v) is 5.13. The van der Waals surface area contributed by atoms with Crippen molar-refractivity contribution in [3.63, 3.8) is 0 Å². The van der Waals surface area contributed by atoms with Crippen LogP contribution in [0.1, 0.15) is 34.6 Å². The summed E-state index contributed by atoms with van der Waals surface area (Å²) in [6.45, 7) is 8.15. The van der Waals surface area contributed by atoms with Crippen molar-refractivity contribution in [2.24, 2.45) is 0 Å². The summed E-state index contributed by atoms with van der Waals surface area (Å²) in [4.78, 5) is 22.9. The zero-order valence-electron chi connectivity index (χ0n) is 10.1. The van der Waals surface area contributed by atoms with Gasteiger partial charge in [0.2, 0.25) is 5.76 Å². The molecule has 1 rings (SSSR count). The Kier molecular flexibility index (Phi) is 2.75. The highest BCUT2D eigenvalue weighted by atomic mass is 16.6. The average molecular weight is 228 g/mol. The van der Waals surface area contributed by atoms with Crippen LogP contribution in [-0.4, -0.2) is 28.2 Å². The van der Waals surface area contributed by atoms with Crippen molar-refractivity contribution in [2.45, 2.75) is 45.8 Å². The van der Waals surface area contributed by atoms with Crippen molar-refractivity contribution in [2.75, 3.05) is 0 Å². The summed E-state index contributed by atoms with van der Waals surface area (Å²) >= 11 is 0. The van der Waals surface area contributed by atoms with E-state index < -0.39 is 28.9 Å². The number of rotatable bonds is 1. The summed E-state index contributed by atoms with van der Waals surface area (Å²) in [5.41, 5.74) is -1.97. The molecule has 0 radical (unpaired) electrons. The Morgan fingerprint density at radius 2 is 1.88 bits per heavy atom. The number of hydrogen-bond acceptors (Lipinski definition) is 5. The van der Waals surface area contributed by atoms with E-state index in [9.17, 15) is 14.7 Å². The highest BCUT2D eigenvalue weighted by Gasteiger charge is 2.46. The lowest BCUT2D eigenvalue weighted by molar-refractivity contribution is -0.153. The van der Waals surface area contributed by atoms with E-state index in [1.807, 2.05) is 0 Å². The summed E-state index contributed by atoms with van der Waals surface area (Å²) in [6.07, 6.45) is 0. The van der Waals surface area contributed by atoms with Crippen LogP contribution in [0, 0.1) is 0 Å². The van der Waals surface area contributed by atoms with E-state index in [1.54, 1.807) is 20.8 Å². The van der Waals surface area contributed by atoms with Crippen LogP contribution < -0.4 is 0 Å². The quantitative estimate of drug-likeness (QED) is 0.688. The molecule has 0 aromatic carbocycles. The summed E-state index contributed by atoms with van der Waals surface area (Å²) < 4.78 is 9.93. The first-order chi connectivity index (χ1) is 7.04. The highest BCUT2D eigenvalue weighted by molar-refractivity contribution is 6.03. The lowest BCUT2D eigenvalue weighted by atomic mass is 9.98. The van der Waals surface area contributed by atoms with Gasteiger partial charge in [-0.25, -0.2) is 9.59 Å². The lowest BCUT2D eigenvalue weighted by Crippen LogP contribution is -2.33. The Balaban J connectivity index is 3.03. The Morgan fingerprint density at radius 3 is 2.19 bits per heavy atom. The van der Waals surface area contributed by atoms with Crippen LogP contribution >= 0.6 is 0 Å². The molecule has 0 aromatic rings. The molecule has 1 aliphatic heterocycles. The number of aliphatic hydroxyl groups is 1. The molecular formula is C11H16O5. The summed E-state index contributed by atoms with van der Waals surface area (Å²) in [5.74, 6) is -2.30. The number of hydrogen-bond donors (Lipinski definition) is 1. The monoisotopic (exact) mass is 228 g/mol. The van der Waals surface area contributed by atoms with Gasteiger partial charge in [-0.15, -0.1) is 0 Å². The minimum Gasteiger partial charge on any atom is -0.501 e. The van der Waals surface area contributed by atoms with Crippen molar-refractivity contribution in [1.82, 2.24) is 0 Å². The van der Waals surface area contributed by atoms with Gasteiger partial charge in [-0.05, 0) is 34.6 Å². The standard InChI is InChI=1S/C11H16O5/c1-10(2,3)15-8(13)6-7(12)9(14)16-11(6,4)5/h12H,1-5H3. The molecule has 0 saturated carbocycles. The molecule has 1 N–H and O–H groups in total. The van der Waals surface area contributed by atoms with Gasteiger partial charge in [0, 0.05) is 0 Å². The second kappa shape index (κ2) is 3.50.